The van der Waals surface area contributed by atoms with Crippen LogP contribution in [-0.2, 0) is 20.0 Å². The lowest BCUT2D eigenvalue weighted by atomic mass is 10.0. The molecule has 1 N–H and O–H groups in total. The SMILES string of the molecule is CS(=O)(=O)NCC1CCCN(S(=O)(=O)c2cc(Br)ccc2F)C1. The fourth-order valence-corrected chi connectivity index (χ4v) is 5.19. The molecule has 1 aliphatic heterocycles. The topological polar surface area (TPSA) is 83.6 Å². The summed E-state index contributed by atoms with van der Waals surface area (Å²) in [6.07, 6.45) is 2.38. The molecule has 1 unspecified atom stereocenters. The standard InChI is InChI=1S/C13H18BrFN2O4S2/c1-22(18,19)16-8-10-3-2-6-17(9-10)23(20,21)13-7-11(14)4-5-12(13)15/h4-5,7,10,16H,2-3,6,8-9H2,1H3. The molecular weight excluding hydrogens is 411 g/mol. The van der Waals surface area contributed by atoms with Crippen molar-refractivity contribution in [1.29, 1.82) is 0 Å². The number of nitrogens with one attached hydrogen (secondary N) is 1. The van der Waals surface area contributed by atoms with Crippen molar-refractivity contribution in [3.05, 3.63) is 28.5 Å². The number of benzene rings is 1. The van der Waals surface area contributed by atoms with Crippen LogP contribution < -0.4 is 4.72 Å². The van der Waals surface area contributed by atoms with Gasteiger partial charge in [-0.3, -0.25) is 0 Å². The first-order valence-electron chi connectivity index (χ1n) is 6.99. The van der Waals surface area contributed by atoms with E-state index < -0.39 is 25.9 Å². The van der Waals surface area contributed by atoms with E-state index in [1.807, 2.05) is 0 Å². The summed E-state index contributed by atoms with van der Waals surface area (Å²) in [5.41, 5.74) is 0. The van der Waals surface area contributed by atoms with Crippen molar-refractivity contribution in [1.82, 2.24) is 9.03 Å². The summed E-state index contributed by atoms with van der Waals surface area (Å²) in [4.78, 5) is -0.372. The van der Waals surface area contributed by atoms with Crippen molar-refractivity contribution in [3.8, 4) is 0 Å². The summed E-state index contributed by atoms with van der Waals surface area (Å²) >= 11 is 3.15. The highest BCUT2D eigenvalue weighted by molar-refractivity contribution is 9.10. The van der Waals surface area contributed by atoms with Gasteiger partial charge < -0.3 is 0 Å². The van der Waals surface area contributed by atoms with E-state index >= 15 is 0 Å². The van der Waals surface area contributed by atoms with E-state index in [-0.39, 0.29) is 23.9 Å². The van der Waals surface area contributed by atoms with E-state index in [1.54, 1.807) is 0 Å². The van der Waals surface area contributed by atoms with Gasteiger partial charge in [0.15, 0.2) is 0 Å². The molecule has 0 bridgehead atoms. The van der Waals surface area contributed by atoms with Crippen molar-refractivity contribution in [2.75, 3.05) is 25.9 Å². The van der Waals surface area contributed by atoms with Crippen LogP contribution in [0, 0.1) is 11.7 Å². The second kappa shape index (κ2) is 7.14. The second-order valence-corrected chi connectivity index (χ2v) is 10.2. The zero-order valence-electron chi connectivity index (χ0n) is 12.5. The van der Waals surface area contributed by atoms with Crippen LogP contribution >= 0.6 is 15.9 Å². The Morgan fingerprint density at radius 3 is 2.70 bits per heavy atom. The van der Waals surface area contributed by atoms with E-state index in [0.717, 1.165) is 18.7 Å². The van der Waals surface area contributed by atoms with Gasteiger partial charge in [-0.05, 0) is 37.0 Å². The molecule has 1 aliphatic rings. The molecular formula is C13H18BrFN2O4S2. The van der Waals surface area contributed by atoms with Crippen molar-refractivity contribution in [2.24, 2.45) is 5.92 Å². The second-order valence-electron chi connectivity index (χ2n) is 5.57. The van der Waals surface area contributed by atoms with Crippen LogP contribution in [-0.4, -0.2) is 47.0 Å². The number of hydrogen-bond acceptors (Lipinski definition) is 4. The Labute approximate surface area is 144 Å². The molecule has 1 aromatic carbocycles. The van der Waals surface area contributed by atoms with Gasteiger partial charge in [0.05, 0.1) is 6.26 Å². The maximum atomic E-state index is 13.9. The van der Waals surface area contributed by atoms with Gasteiger partial charge in [0.25, 0.3) is 0 Å². The lowest BCUT2D eigenvalue weighted by molar-refractivity contribution is 0.266. The van der Waals surface area contributed by atoms with Crippen LogP contribution in [0.1, 0.15) is 12.8 Å². The first-order chi connectivity index (χ1) is 10.6. The lowest BCUT2D eigenvalue weighted by Gasteiger charge is -2.32. The van der Waals surface area contributed by atoms with Crippen molar-refractivity contribution in [3.63, 3.8) is 0 Å². The van der Waals surface area contributed by atoms with Gasteiger partial charge in [-0.2, -0.15) is 4.31 Å². The minimum atomic E-state index is -3.95. The van der Waals surface area contributed by atoms with E-state index in [2.05, 4.69) is 20.7 Å². The molecule has 1 heterocycles. The van der Waals surface area contributed by atoms with E-state index in [1.165, 1.54) is 16.4 Å². The van der Waals surface area contributed by atoms with Gasteiger partial charge in [0.2, 0.25) is 20.0 Å². The molecule has 0 aromatic heterocycles. The Balaban J connectivity index is 2.18. The fourth-order valence-electron chi connectivity index (χ4n) is 2.49. The molecule has 6 nitrogen and oxygen atoms in total. The van der Waals surface area contributed by atoms with Crippen LogP contribution in [0.4, 0.5) is 4.39 Å². The van der Waals surface area contributed by atoms with Crippen molar-refractivity contribution < 1.29 is 21.2 Å². The van der Waals surface area contributed by atoms with E-state index in [0.29, 0.717) is 17.4 Å². The summed E-state index contributed by atoms with van der Waals surface area (Å²) in [5.74, 6) is -0.937. The van der Waals surface area contributed by atoms with Crippen molar-refractivity contribution in [2.45, 2.75) is 17.7 Å². The molecule has 23 heavy (non-hydrogen) atoms. The van der Waals surface area contributed by atoms with Crippen molar-refractivity contribution >= 4 is 36.0 Å². The maximum Gasteiger partial charge on any atom is 0.246 e. The minimum Gasteiger partial charge on any atom is -0.215 e. The van der Waals surface area contributed by atoms with Gasteiger partial charge in [-0.25, -0.2) is 25.9 Å². The molecule has 0 aliphatic carbocycles. The maximum absolute atomic E-state index is 13.9. The molecule has 1 saturated heterocycles. The Morgan fingerprint density at radius 2 is 2.04 bits per heavy atom. The molecule has 1 fully saturated rings. The summed E-state index contributed by atoms with van der Waals surface area (Å²) in [6.45, 7) is 0.631. The molecule has 0 saturated carbocycles. The number of rotatable bonds is 5. The number of hydrogen-bond donors (Lipinski definition) is 1. The average molecular weight is 429 g/mol. The molecule has 0 radical (unpaired) electrons. The van der Waals surface area contributed by atoms with Crippen LogP contribution in [0.2, 0.25) is 0 Å². The Morgan fingerprint density at radius 1 is 1.35 bits per heavy atom. The van der Waals surface area contributed by atoms with Crippen LogP contribution in [0.15, 0.2) is 27.6 Å². The Hall–Kier alpha value is -0.550. The summed E-state index contributed by atoms with van der Waals surface area (Å²) in [6, 6.07) is 3.77. The molecule has 0 spiro atoms. The summed E-state index contributed by atoms with van der Waals surface area (Å²) in [5, 5.41) is 0. The van der Waals surface area contributed by atoms with Gasteiger partial charge in [0.1, 0.15) is 10.7 Å². The number of sulfonamides is 2. The smallest absolute Gasteiger partial charge is 0.215 e. The Bertz CT molecular complexity index is 783. The molecule has 10 heteroatoms. The third-order valence-electron chi connectivity index (χ3n) is 3.63. The molecule has 1 aromatic rings. The van der Waals surface area contributed by atoms with Crippen LogP contribution in [0.25, 0.3) is 0 Å². The van der Waals surface area contributed by atoms with Gasteiger partial charge in [0, 0.05) is 24.1 Å². The fraction of sp³-hybridized carbons (Fsp3) is 0.538. The quantitative estimate of drug-likeness (QED) is 0.770. The molecule has 130 valence electrons. The first-order valence-corrected chi connectivity index (χ1v) is 11.1. The Kier molecular flexibility index (Phi) is 5.83. The van der Waals surface area contributed by atoms with Gasteiger partial charge >= 0.3 is 0 Å². The normalized spacial score (nSPS) is 20.6. The monoisotopic (exact) mass is 428 g/mol. The van der Waals surface area contributed by atoms with E-state index in [9.17, 15) is 21.2 Å². The number of nitrogens with zero attached hydrogens (tertiary/aromatic N) is 1. The highest BCUT2D eigenvalue weighted by Crippen LogP contribution is 2.27. The predicted molar refractivity (Wildman–Crippen MR) is 88.4 cm³/mol. The summed E-state index contributed by atoms with van der Waals surface area (Å²) < 4.78 is 65.6. The largest absolute Gasteiger partial charge is 0.246 e. The average Bonchev–Trinajstić information content (AvgIpc) is 2.47. The van der Waals surface area contributed by atoms with Gasteiger partial charge in [-0.1, -0.05) is 15.9 Å². The van der Waals surface area contributed by atoms with Crippen LogP contribution in [0.3, 0.4) is 0 Å². The van der Waals surface area contributed by atoms with E-state index in [4.69, 9.17) is 0 Å². The minimum absolute atomic E-state index is 0.136. The lowest BCUT2D eigenvalue weighted by Crippen LogP contribution is -2.43. The summed E-state index contributed by atoms with van der Waals surface area (Å²) in [7, 11) is -7.28. The zero-order chi connectivity index (χ0) is 17.3. The van der Waals surface area contributed by atoms with Crippen LogP contribution in [0.5, 0.6) is 0 Å². The molecule has 2 rings (SSSR count). The number of piperidine rings is 1. The first kappa shape index (κ1) is 18.8. The number of halogens is 2. The molecule has 0 amide bonds. The highest BCUT2D eigenvalue weighted by atomic mass is 79.9. The third-order valence-corrected chi connectivity index (χ3v) is 6.69. The molecule has 1 atom stereocenters. The zero-order valence-corrected chi connectivity index (χ0v) is 15.7. The highest BCUT2D eigenvalue weighted by Gasteiger charge is 2.32. The predicted octanol–water partition coefficient (Wildman–Crippen LogP) is 1.54. The van der Waals surface area contributed by atoms with Gasteiger partial charge in [-0.15, -0.1) is 0 Å². The third kappa shape index (κ3) is 4.96.